The zero-order valence-electron chi connectivity index (χ0n) is 10.9. The normalized spacial score (nSPS) is 12.2. The minimum atomic E-state index is -0.362. The van der Waals surface area contributed by atoms with Crippen molar-refractivity contribution < 1.29 is 9.13 Å². The van der Waals surface area contributed by atoms with E-state index < -0.39 is 0 Å². The van der Waals surface area contributed by atoms with Crippen LogP contribution in [0.5, 0.6) is 5.75 Å². The minimum Gasteiger partial charge on any atom is -0.489 e. The van der Waals surface area contributed by atoms with Gasteiger partial charge in [0.1, 0.15) is 18.2 Å². The fraction of sp³-hybridized carbons (Fsp3) is 0.200. The summed E-state index contributed by atoms with van der Waals surface area (Å²) in [6.07, 6.45) is 0. The van der Waals surface area contributed by atoms with Gasteiger partial charge < -0.3 is 10.5 Å². The largest absolute Gasteiger partial charge is 0.489 e. The van der Waals surface area contributed by atoms with Crippen molar-refractivity contribution in [2.24, 2.45) is 5.73 Å². The fourth-order valence-corrected chi connectivity index (χ4v) is 2.40. The summed E-state index contributed by atoms with van der Waals surface area (Å²) >= 11 is 9.38. The first-order chi connectivity index (χ1) is 9.47. The number of halogens is 3. The predicted octanol–water partition coefficient (Wildman–Crippen LogP) is 4.84. The highest BCUT2D eigenvalue weighted by molar-refractivity contribution is 9.10. The molecule has 0 fully saturated rings. The summed E-state index contributed by atoms with van der Waals surface area (Å²) in [5.74, 6) is 0.335. The summed E-state index contributed by atoms with van der Waals surface area (Å²) in [7, 11) is 0. The molecule has 106 valence electrons. The lowest BCUT2D eigenvalue weighted by molar-refractivity contribution is 0.301. The first-order valence-electron chi connectivity index (χ1n) is 6.09. The molecule has 1 atom stereocenters. The molecule has 0 aliphatic rings. The highest BCUT2D eigenvalue weighted by Crippen LogP contribution is 2.29. The second-order valence-electron chi connectivity index (χ2n) is 4.50. The average molecular weight is 359 g/mol. The Morgan fingerprint density at radius 1 is 1.30 bits per heavy atom. The van der Waals surface area contributed by atoms with E-state index in [-0.39, 0.29) is 18.5 Å². The van der Waals surface area contributed by atoms with Gasteiger partial charge in [0.2, 0.25) is 0 Å². The second-order valence-corrected chi connectivity index (χ2v) is 5.82. The van der Waals surface area contributed by atoms with Crippen molar-refractivity contribution in [3.8, 4) is 5.75 Å². The van der Waals surface area contributed by atoms with Crippen LogP contribution in [0.1, 0.15) is 24.1 Å². The van der Waals surface area contributed by atoms with E-state index in [1.54, 1.807) is 6.07 Å². The van der Waals surface area contributed by atoms with Crippen molar-refractivity contribution in [3.05, 3.63) is 62.8 Å². The lowest BCUT2D eigenvalue weighted by atomic mass is 10.1. The van der Waals surface area contributed by atoms with E-state index >= 15 is 0 Å². The summed E-state index contributed by atoms with van der Waals surface area (Å²) in [6.45, 7) is 2.15. The molecule has 0 bridgehead atoms. The third kappa shape index (κ3) is 3.72. The van der Waals surface area contributed by atoms with Crippen molar-refractivity contribution in [1.29, 1.82) is 0 Å². The van der Waals surface area contributed by atoms with Crippen LogP contribution in [0, 0.1) is 5.82 Å². The van der Waals surface area contributed by atoms with Crippen LogP contribution in [0.2, 0.25) is 5.02 Å². The van der Waals surface area contributed by atoms with Crippen molar-refractivity contribution >= 4 is 27.5 Å². The highest BCUT2D eigenvalue weighted by atomic mass is 79.9. The number of benzene rings is 2. The van der Waals surface area contributed by atoms with E-state index in [9.17, 15) is 4.39 Å². The average Bonchev–Trinajstić information content (AvgIpc) is 2.38. The van der Waals surface area contributed by atoms with Crippen LogP contribution in [-0.4, -0.2) is 0 Å². The van der Waals surface area contributed by atoms with Gasteiger partial charge in [0.25, 0.3) is 0 Å². The maximum Gasteiger partial charge on any atom is 0.124 e. The molecule has 2 aromatic carbocycles. The van der Waals surface area contributed by atoms with Gasteiger partial charge in [-0.2, -0.15) is 0 Å². The number of hydrogen-bond donors (Lipinski definition) is 1. The van der Waals surface area contributed by atoms with Crippen LogP contribution in [-0.2, 0) is 6.61 Å². The zero-order valence-corrected chi connectivity index (χ0v) is 13.2. The SMILES string of the molecule is C[C@H](N)c1cc(Br)ccc1OCc1ccc(F)cc1Cl. The summed E-state index contributed by atoms with van der Waals surface area (Å²) in [4.78, 5) is 0. The van der Waals surface area contributed by atoms with E-state index in [2.05, 4.69) is 15.9 Å². The molecule has 0 unspecified atom stereocenters. The van der Waals surface area contributed by atoms with E-state index in [0.717, 1.165) is 15.6 Å². The Balaban J connectivity index is 2.18. The molecule has 0 saturated carbocycles. The molecule has 2 nitrogen and oxygen atoms in total. The molecule has 0 saturated heterocycles. The fourth-order valence-electron chi connectivity index (χ4n) is 1.80. The standard InChI is InChI=1S/C15H14BrClFNO/c1-9(19)13-6-11(16)3-5-15(13)20-8-10-2-4-12(18)7-14(10)17/h2-7,9H,8,19H2,1H3/t9-/m0/s1. The Morgan fingerprint density at radius 2 is 2.05 bits per heavy atom. The minimum absolute atomic E-state index is 0.147. The van der Waals surface area contributed by atoms with Crippen molar-refractivity contribution in [2.75, 3.05) is 0 Å². The summed E-state index contributed by atoms with van der Waals surface area (Å²) in [6, 6.07) is 9.75. The maximum absolute atomic E-state index is 13.0. The zero-order chi connectivity index (χ0) is 14.7. The predicted molar refractivity (Wildman–Crippen MR) is 82.5 cm³/mol. The molecule has 5 heteroatoms. The monoisotopic (exact) mass is 357 g/mol. The quantitative estimate of drug-likeness (QED) is 0.848. The Hall–Kier alpha value is -1.10. The maximum atomic E-state index is 13.0. The molecule has 0 aromatic heterocycles. The Bertz CT molecular complexity index is 619. The van der Waals surface area contributed by atoms with Crippen molar-refractivity contribution in [2.45, 2.75) is 19.6 Å². The van der Waals surface area contributed by atoms with Gasteiger partial charge in [-0.3, -0.25) is 0 Å². The van der Waals surface area contributed by atoms with Gasteiger partial charge in [0.05, 0.1) is 5.02 Å². The van der Waals surface area contributed by atoms with Crippen molar-refractivity contribution in [1.82, 2.24) is 0 Å². The van der Waals surface area contributed by atoms with Crippen molar-refractivity contribution in [3.63, 3.8) is 0 Å². The molecule has 20 heavy (non-hydrogen) atoms. The number of ether oxygens (including phenoxy) is 1. The summed E-state index contributed by atoms with van der Waals surface area (Å²) in [5, 5.41) is 0.351. The molecule has 0 amide bonds. The van der Waals surface area contributed by atoms with Crippen LogP contribution in [0.15, 0.2) is 40.9 Å². The number of nitrogens with two attached hydrogens (primary N) is 1. The highest BCUT2D eigenvalue weighted by Gasteiger charge is 2.10. The van der Waals surface area contributed by atoms with Gasteiger partial charge in [0, 0.05) is 21.6 Å². The lowest BCUT2D eigenvalue weighted by Gasteiger charge is -2.15. The van der Waals surface area contributed by atoms with Gasteiger partial charge in [-0.25, -0.2) is 4.39 Å². The third-order valence-electron chi connectivity index (χ3n) is 2.86. The third-order valence-corrected chi connectivity index (χ3v) is 3.71. The number of rotatable bonds is 4. The first-order valence-corrected chi connectivity index (χ1v) is 7.26. The summed E-state index contributed by atoms with van der Waals surface area (Å²) in [5.41, 5.74) is 7.55. The Kier molecular flexibility index (Phi) is 5.02. The molecule has 0 spiro atoms. The first kappa shape index (κ1) is 15.3. The molecule has 2 aromatic rings. The molecule has 2 rings (SSSR count). The molecule has 0 aliphatic carbocycles. The van der Waals surface area contributed by atoms with E-state index in [1.165, 1.54) is 12.1 Å². The molecule has 2 N–H and O–H groups in total. The van der Waals surface area contributed by atoms with Gasteiger partial charge in [-0.05, 0) is 37.3 Å². The summed E-state index contributed by atoms with van der Waals surface area (Å²) < 4.78 is 19.7. The van der Waals surface area contributed by atoms with Crippen LogP contribution < -0.4 is 10.5 Å². The van der Waals surface area contributed by atoms with Gasteiger partial charge in [-0.15, -0.1) is 0 Å². The number of hydrogen-bond acceptors (Lipinski definition) is 2. The van der Waals surface area contributed by atoms with Crippen LogP contribution >= 0.6 is 27.5 Å². The topological polar surface area (TPSA) is 35.2 Å². The van der Waals surface area contributed by atoms with Gasteiger partial charge >= 0.3 is 0 Å². The van der Waals surface area contributed by atoms with E-state index in [1.807, 2.05) is 25.1 Å². The second kappa shape index (κ2) is 6.57. The Morgan fingerprint density at radius 3 is 2.70 bits per heavy atom. The molecule has 0 heterocycles. The van der Waals surface area contributed by atoms with Crippen LogP contribution in [0.25, 0.3) is 0 Å². The molecular formula is C15H14BrClFNO. The van der Waals surface area contributed by atoms with Gasteiger partial charge in [0.15, 0.2) is 0 Å². The molecular weight excluding hydrogens is 345 g/mol. The Labute approximate surface area is 130 Å². The van der Waals surface area contributed by atoms with Crippen LogP contribution in [0.3, 0.4) is 0 Å². The molecule has 0 aliphatic heterocycles. The van der Waals surface area contributed by atoms with E-state index in [4.69, 9.17) is 22.1 Å². The lowest BCUT2D eigenvalue weighted by Crippen LogP contribution is -2.08. The molecule has 0 radical (unpaired) electrons. The van der Waals surface area contributed by atoms with E-state index in [0.29, 0.717) is 10.8 Å². The van der Waals surface area contributed by atoms with Crippen LogP contribution in [0.4, 0.5) is 4.39 Å². The van der Waals surface area contributed by atoms with Gasteiger partial charge in [-0.1, -0.05) is 33.6 Å². The smallest absolute Gasteiger partial charge is 0.124 e.